The third-order valence-corrected chi connectivity index (χ3v) is 5.01. The van der Waals surface area contributed by atoms with Gasteiger partial charge in [0, 0.05) is 23.7 Å². The van der Waals surface area contributed by atoms with E-state index in [9.17, 15) is 4.79 Å². The third kappa shape index (κ3) is 4.42. The highest BCUT2D eigenvalue weighted by Crippen LogP contribution is 2.33. The van der Waals surface area contributed by atoms with Gasteiger partial charge in [-0.15, -0.1) is 10.2 Å². The molecule has 0 saturated carbocycles. The molecule has 1 aliphatic rings. The Balaban J connectivity index is 1.47. The van der Waals surface area contributed by atoms with Crippen LogP contribution in [0, 0.1) is 0 Å². The van der Waals surface area contributed by atoms with Crippen LogP contribution in [0.25, 0.3) is 11.4 Å². The minimum absolute atomic E-state index is 0.00732. The Kier molecular flexibility index (Phi) is 5.39. The number of aryl methyl sites for hydroxylation is 1. The predicted molar refractivity (Wildman–Crippen MR) is 113 cm³/mol. The number of amides is 1. The lowest BCUT2D eigenvalue weighted by molar-refractivity contribution is -0.116. The molecule has 1 aromatic heterocycles. The van der Waals surface area contributed by atoms with Crippen molar-refractivity contribution in [1.29, 1.82) is 0 Å². The smallest absolute Gasteiger partial charge is 0.224 e. The van der Waals surface area contributed by atoms with Crippen molar-refractivity contribution in [2.75, 3.05) is 18.5 Å². The summed E-state index contributed by atoms with van der Waals surface area (Å²) >= 11 is 0. The Labute approximate surface area is 175 Å². The normalized spacial score (nSPS) is 13.2. The Morgan fingerprint density at radius 2 is 1.90 bits per heavy atom. The lowest BCUT2D eigenvalue weighted by atomic mass is 9.84. The maximum atomic E-state index is 12.5. The number of nitrogens with one attached hydrogen (secondary N) is 2. The van der Waals surface area contributed by atoms with E-state index in [-0.39, 0.29) is 11.3 Å². The summed E-state index contributed by atoms with van der Waals surface area (Å²) in [5.74, 6) is 1.80. The van der Waals surface area contributed by atoms with Crippen LogP contribution in [-0.4, -0.2) is 39.7 Å². The summed E-state index contributed by atoms with van der Waals surface area (Å²) in [4.78, 5) is 12.5. The Morgan fingerprint density at radius 3 is 2.63 bits per heavy atom. The molecular weight excluding hydrogens is 382 g/mol. The van der Waals surface area contributed by atoms with E-state index in [2.05, 4.69) is 58.8 Å². The zero-order valence-electron chi connectivity index (χ0n) is 17.4. The Hall–Kier alpha value is -3.42. The second-order valence-electron chi connectivity index (χ2n) is 8.26. The van der Waals surface area contributed by atoms with Crippen LogP contribution < -0.4 is 14.8 Å². The fourth-order valence-electron chi connectivity index (χ4n) is 3.34. The lowest BCUT2D eigenvalue weighted by Gasteiger charge is -2.21. The number of carbonyl (C=O) groups excluding carboxylic acids is 1. The summed E-state index contributed by atoms with van der Waals surface area (Å²) in [7, 11) is 0. The molecule has 30 heavy (non-hydrogen) atoms. The summed E-state index contributed by atoms with van der Waals surface area (Å²) < 4.78 is 11.1. The quantitative estimate of drug-likeness (QED) is 0.671. The number of rotatable bonds is 5. The number of nitrogens with zero attached hydrogens (tertiary/aromatic N) is 3. The molecule has 8 heteroatoms. The van der Waals surface area contributed by atoms with Gasteiger partial charge in [0.25, 0.3) is 0 Å². The molecule has 0 aliphatic carbocycles. The molecule has 1 aliphatic heterocycles. The Morgan fingerprint density at radius 1 is 1.10 bits per heavy atom. The number of benzene rings is 2. The second kappa shape index (κ2) is 8.14. The molecule has 0 fully saturated rings. The number of H-pyrrole nitrogens is 1. The van der Waals surface area contributed by atoms with Gasteiger partial charge >= 0.3 is 0 Å². The van der Waals surface area contributed by atoms with Crippen molar-refractivity contribution >= 4 is 11.6 Å². The number of hydrogen-bond acceptors (Lipinski definition) is 6. The maximum Gasteiger partial charge on any atom is 0.224 e. The lowest BCUT2D eigenvalue weighted by Crippen LogP contribution is -2.16. The predicted octanol–water partition coefficient (Wildman–Crippen LogP) is 3.51. The number of ether oxygens (including phenoxy) is 2. The highest BCUT2D eigenvalue weighted by atomic mass is 16.6. The molecule has 0 radical (unpaired) electrons. The summed E-state index contributed by atoms with van der Waals surface area (Å²) in [6.45, 7) is 7.51. The summed E-state index contributed by atoms with van der Waals surface area (Å²) in [5, 5.41) is 17.4. The van der Waals surface area contributed by atoms with E-state index in [0.717, 1.165) is 11.1 Å². The van der Waals surface area contributed by atoms with Gasteiger partial charge in [0.15, 0.2) is 11.5 Å². The van der Waals surface area contributed by atoms with Gasteiger partial charge in [-0.2, -0.15) is 5.21 Å². The molecule has 0 saturated heterocycles. The van der Waals surface area contributed by atoms with E-state index in [1.165, 1.54) is 5.56 Å². The first-order valence-corrected chi connectivity index (χ1v) is 9.97. The SMILES string of the molecule is CC(C)(C)c1ccc(CCC(=O)Nc2ccc3c(c2)OCCO3)c(-c2nn[nH]n2)c1. The monoisotopic (exact) mass is 407 g/mol. The number of fused-ring (bicyclic) bond motifs is 1. The number of tetrazole rings is 1. The molecule has 0 unspecified atom stereocenters. The van der Waals surface area contributed by atoms with Gasteiger partial charge in [0.05, 0.1) is 0 Å². The van der Waals surface area contributed by atoms with Crippen LogP contribution in [0.1, 0.15) is 38.3 Å². The zero-order chi connectivity index (χ0) is 21.1. The van der Waals surface area contributed by atoms with E-state index in [1.54, 1.807) is 6.07 Å². The van der Waals surface area contributed by atoms with Crippen molar-refractivity contribution in [2.45, 2.75) is 39.0 Å². The van der Waals surface area contributed by atoms with Crippen LogP contribution in [0.5, 0.6) is 11.5 Å². The van der Waals surface area contributed by atoms with Crippen LogP contribution in [-0.2, 0) is 16.6 Å². The van der Waals surface area contributed by atoms with Gasteiger partial charge < -0.3 is 14.8 Å². The van der Waals surface area contributed by atoms with Crippen LogP contribution in [0.2, 0.25) is 0 Å². The minimum Gasteiger partial charge on any atom is -0.486 e. The highest BCUT2D eigenvalue weighted by Gasteiger charge is 2.19. The number of aromatic nitrogens is 4. The summed E-state index contributed by atoms with van der Waals surface area (Å²) in [6, 6.07) is 11.6. The summed E-state index contributed by atoms with van der Waals surface area (Å²) in [5.41, 5.74) is 3.75. The second-order valence-corrected chi connectivity index (χ2v) is 8.26. The molecule has 8 nitrogen and oxygen atoms in total. The number of hydrogen-bond donors (Lipinski definition) is 2. The van der Waals surface area contributed by atoms with E-state index in [4.69, 9.17) is 9.47 Å². The van der Waals surface area contributed by atoms with Crippen LogP contribution in [0.3, 0.4) is 0 Å². The van der Waals surface area contributed by atoms with E-state index < -0.39 is 0 Å². The molecule has 0 spiro atoms. The van der Waals surface area contributed by atoms with Gasteiger partial charge in [-0.3, -0.25) is 4.79 Å². The molecule has 1 amide bonds. The van der Waals surface area contributed by atoms with Gasteiger partial charge in [-0.05, 0) is 46.4 Å². The summed E-state index contributed by atoms with van der Waals surface area (Å²) in [6.07, 6.45) is 0.888. The minimum atomic E-state index is -0.0781. The molecule has 2 aromatic carbocycles. The first kappa shape index (κ1) is 19.9. The average Bonchev–Trinajstić information content (AvgIpc) is 3.26. The first-order valence-electron chi connectivity index (χ1n) is 9.97. The van der Waals surface area contributed by atoms with Crippen molar-refractivity contribution in [1.82, 2.24) is 20.6 Å². The fourth-order valence-corrected chi connectivity index (χ4v) is 3.34. The zero-order valence-corrected chi connectivity index (χ0v) is 17.4. The number of aromatic amines is 1. The molecule has 2 heterocycles. The van der Waals surface area contributed by atoms with E-state index in [1.807, 2.05) is 18.2 Å². The topological polar surface area (TPSA) is 102 Å². The molecule has 0 bridgehead atoms. The average molecular weight is 407 g/mol. The van der Waals surface area contributed by atoms with Crippen molar-refractivity contribution in [3.63, 3.8) is 0 Å². The van der Waals surface area contributed by atoms with Gasteiger partial charge in [-0.1, -0.05) is 32.9 Å². The van der Waals surface area contributed by atoms with Crippen molar-refractivity contribution < 1.29 is 14.3 Å². The van der Waals surface area contributed by atoms with Gasteiger partial charge in [-0.25, -0.2) is 0 Å². The molecule has 156 valence electrons. The van der Waals surface area contributed by atoms with Gasteiger partial charge in [0.1, 0.15) is 13.2 Å². The van der Waals surface area contributed by atoms with Crippen molar-refractivity contribution in [3.05, 3.63) is 47.5 Å². The van der Waals surface area contributed by atoms with Crippen LogP contribution in [0.4, 0.5) is 5.69 Å². The van der Waals surface area contributed by atoms with Crippen molar-refractivity contribution in [2.24, 2.45) is 0 Å². The third-order valence-electron chi connectivity index (χ3n) is 5.01. The molecule has 3 aromatic rings. The Bertz CT molecular complexity index is 1040. The van der Waals surface area contributed by atoms with E-state index >= 15 is 0 Å². The largest absolute Gasteiger partial charge is 0.486 e. The van der Waals surface area contributed by atoms with Gasteiger partial charge in [0.2, 0.25) is 11.7 Å². The fraction of sp³-hybridized carbons (Fsp3) is 0.364. The standard InChI is InChI=1S/C22H25N5O3/c1-22(2,3)15-6-4-14(17(12-15)21-24-26-27-25-21)5-9-20(28)23-16-7-8-18-19(13-16)30-11-10-29-18/h4,6-8,12-13H,5,9-11H2,1-3H3,(H,23,28)(H,24,25,26,27). The maximum absolute atomic E-state index is 12.5. The van der Waals surface area contributed by atoms with Crippen LogP contribution in [0.15, 0.2) is 36.4 Å². The number of carbonyl (C=O) groups is 1. The number of anilines is 1. The van der Waals surface area contributed by atoms with Crippen molar-refractivity contribution in [3.8, 4) is 22.9 Å². The molecular formula is C22H25N5O3. The molecule has 4 rings (SSSR count). The van der Waals surface area contributed by atoms with E-state index in [0.29, 0.717) is 49.1 Å². The molecule has 0 atom stereocenters. The highest BCUT2D eigenvalue weighted by molar-refractivity contribution is 5.91. The first-order chi connectivity index (χ1) is 14.4. The van der Waals surface area contributed by atoms with Crippen LogP contribution >= 0.6 is 0 Å². The molecule has 2 N–H and O–H groups in total.